The number of nitrogens with one attached hydrogen (secondary N) is 2. The molecule has 0 aliphatic heterocycles. The van der Waals surface area contributed by atoms with Crippen molar-refractivity contribution in [2.45, 2.75) is 18.7 Å². The Morgan fingerprint density at radius 1 is 1.14 bits per heavy atom. The number of ether oxygens (including phenoxy) is 1. The molecule has 0 fully saturated rings. The Labute approximate surface area is 177 Å². The number of methoxy groups -OCH3 is 1. The first kappa shape index (κ1) is 21.1. The molecular formula is C19H18ClN3O4S2. The summed E-state index contributed by atoms with van der Waals surface area (Å²) in [5.41, 5.74) is 1.74. The maximum atomic E-state index is 12.6. The molecule has 0 bridgehead atoms. The highest BCUT2D eigenvalue weighted by Gasteiger charge is 2.21. The monoisotopic (exact) mass is 451 g/mol. The van der Waals surface area contributed by atoms with Crippen LogP contribution < -0.4 is 14.8 Å². The number of benzene rings is 2. The van der Waals surface area contributed by atoms with Gasteiger partial charge in [0.05, 0.1) is 17.7 Å². The zero-order chi connectivity index (χ0) is 21.2. The molecule has 0 spiro atoms. The molecule has 29 heavy (non-hydrogen) atoms. The highest BCUT2D eigenvalue weighted by molar-refractivity contribution is 7.93. The summed E-state index contributed by atoms with van der Waals surface area (Å²) in [5.74, 6) is 0.157. The zero-order valence-electron chi connectivity index (χ0n) is 15.8. The van der Waals surface area contributed by atoms with Crippen LogP contribution in [0.25, 0.3) is 0 Å². The highest BCUT2D eigenvalue weighted by Crippen LogP contribution is 2.28. The van der Waals surface area contributed by atoms with Gasteiger partial charge < -0.3 is 10.1 Å². The van der Waals surface area contributed by atoms with Gasteiger partial charge in [0.25, 0.3) is 15.9 Å². The summed E-state index contributed by atoms with van der Waals surface area (Å²) in [4.78, 5) is 17.2. The molecule has 152 valence electrons. The predicted octanol–water partition coefficient (Wildman–Crippen LogP) is 4.48. The van der Waals surface area contributed by atoms with Crippen LogP contribution >= 0.6 is 22.9 Å². The summed E-state index contributed by atoms with van der Waals surface area (Å²) in [7, 11) is -2.35. The largest absolute Gasteiger partial charge is 0.497 e. The number of carbonyl (C=O) groups excluding carboxylic acids is 1. The fourth-order valence-electron chi connectivity index (χ4n) is 2.50. The summed E-state index contributed by atoms with van der Waals surface area (Å²) in [5, 5.41) is 3.43. The Kier molecular flexibility index (Phi) is 6.11. The average Bonchev–Trinajstić information content (AvgIpc) is 3.05. The van der Waals surface area contributed by atoms with Gasteiger partial charge in [0.1, 0.15) is 10.6 Å². The van der Waals surface area contributed by atoms with Crippen molar-refractivity contribution in [3.05, 3.63) is 63.6 Å². The third-order valence-corrected chi connectivity index (χ3v) is 7.08. The molecule has 1 heterocycles. The number of hydrogen-bond donors (Lipinski definition) is 2. The second-order valence-corrected chi connectivity index (χ2v) is 9.17. The number of rotatable bonds is 6. The van der Waals surface area contributed by atoms with E-state index in [1.807, 2.05) is 0 Å². The van der Waals surface area contributed by atoms with Crippen LogP contribution in [-0.4, -0.2) is 26.4 Å². The van der Waals surface area contributed by atoms with Crippen LogP contribution in [0.5, 0.6) is 5.75 Å². The van der Waals surface area contributed by atoms with Crippen LogP contribution in [-0.2, 0) is 10.0 Å². The van der Waals surface area contributed by atoms with Gasteiger partial charge >= 0.3 is 0 Å². The van der Waals surface area contributed by atoms with Crippen molar-refractivity contribution in [1.82, 2.24) is 4.98 Å². The van der Waals surface area contributed by atoms with Gasteiger partial charge in [0.15, 0.2) is 5.13 Å². The minimum atomic E-state index is -3.85. The number of halogens is 1. The third kappa shape index (κ3) is 4.69. The number of hydrogen-bond acceptors (Lipinski definition) is 6. The standard InChI is InChI=1S/C19H18ClN3O4S2/c1-11-15(20)5-4-6-16(11)22-18(24)17-12(2)21-19(28-17)23-29(25,26)14-9-7-13(27-3)8-10-14/h4-10H,1-3H3,(H,21,23)(H,22,24). The van der Waals surface area contributed by atoms with Crippen LogP contribution in [0.4, 0.5) is 10.8 Å². The van der Waals surface area contributed by atoms with Gasteiger partial charge in [-0.25, -0.2) is 13.4 Å². The van der Waals surface area contributed by atoms with Gasteiger partial charge in [-0.05, 0) is 55.8 Å². The summed E-state index contributed by atoms with van der Waals surface area (Å²) in [6.45, 7) is 3.44. The lowest BCUT2D eigenvalue weighted by Crippen LogP contribution is -2.12. The number of nitrogens with zero attached hydrogens (tertiary/aromatic N) is 1. The van der Waals surface area contributed by atoms with Crippen molar-refractivity contribution in [3.8, 4) is 5.75 Å². The first-order valence-electron chi connectivity index (χ1n) is 8.42. The number of aromatic nitrogens is 1. The number of anilines is 2. The summed E-state index contributed by atoms with van der Waals surface area (Å²) < 4.78 is 32.6. The summed E-state index contributed by atoms with van der Waals surface area (Å²) in [6, 6.07) is 11.2. The Morgan fingerprint density at radius 2 is 1.83 bits per heavy atom. The van der Waals surface area contributed by atoms with E-state index in [2.05, 4.69) is 15.0 Å². The zero-order valence-corrected chi connectivity index (χ0v) is 18.2. The van der Waals surface area contributed by atoms with E-state index in [0.29, 0.717) is 27.0 Å². The molecule has 2 N–H and O–H groups in total. The van der Waals surface area contributed by atoms with E-state index < -0.39 is 10.0 Å². The molecule has 3 aromatic rings. The van der Waals surface area contributed by atoms with Gasteiger partial charge in [0, 0.05) is 10.7 Å². The fourth-order valence-corrected chi connectivity index (χ4v) is 4.77. The van der Waals surface area contributed by atoms with Crippen molar-refractivity contribution < 1.29 is 17.9 Å². The second-order valence-electron chi connectivity index (χ2n) is 6.08. The summed E-state index contributed by atoms with van der Waals surface area (Å²) >= 11 is 7.04. The quantitative estimate of drug-likeness (QED) is 0.576. The minimum absolute atomic E-state index is 0.0618. The van der Waals surface area contributed by atoms with Crippen LogP contribution in [0, 0.1) is 13.8 Å². The second kappa shape index (κ2) is 8.40. The van der Waals surface area contributed by atoms with Crippen LogP contribution in [0.1, 0.15) is 20.9 Å². The number of carbonyl (C=O) groups is 1. The SMILES string of the molecule is COc1ccc(S(=O)(=O)Nc2nc(C)c(C(=O)Nc3cccc(Cl)c3C)s2)cc1. The van der Waals surface area contributed by atoms with E-state index >= 15 is 0 Å². The Balaban J connectivity index is 1.80. The molecular weight excluding hydrogens is 434 g/mol. The Bertz CT molecular complexity index is 1160. The van der Waals surface area contributed by atoms with Crippen LogP contribution in [0.15, 0.2) is 47.4 Å². The molecule has 1 amide bonds. The van der Waals surface area contributed by atoms with E-state index in [1.165, 1.54) is 19.2 Å². The normalized spacial score (nSPS) is 11.2. The minimum Gasteiger partial charge on any atom is -0.497 e. The fraction of sp³-hybridized carbons (Fsp3) is 0.158. The molecule has 3 rings (SSSR count). The van der Waals surface area contributed by atoms with Crippen molar-refractivity contribution in [1.29, 1.82) is 0 Å². The molecule has 0 radical (unpaired) electrons. The van der Waals surface area contributed by atoms with E-state index in [1.54, 1.807) is 44.2 Å². The number of aryl methyl sites for hydroxylation is 1. The molecule has 0 aliphatic carbocycles. The predicted molar refractivity (Wildman–Crippen MR) is 115 cm³/mol. The molecule has 0 atom stereocenters. The van der Waals surface area contributed by atoms with Gasteiger partial charge in [-0.1, -0.05) is 29.0 Å². The molecule has 0 saturated carbocycles. The Morgan fingerprint density at radius 3 is 2.48 bits per heavy atom. The van der Waals surface area contributed by atoms with Crippen LogP contribution in [0.3, 0.4) is 0 Å². The smallest absolute Gasteiger partial charge is 0.267 e. The summed E-state index contributed by atoms with van der Waals surface area (Å²) in [6.07, 6.45) is 0. The average molecular weight is 452 g/mol. The maximum Gasteiger partial charge on any atom is 0.267 e. The number of sulfonamides is 1. The highest BCUT2D eigenvalue weighted by atomic mass is 35.5. The lowest BCUT2D eigenvalue weighted by atomic mass is 10.2. The van der Waals surface area contributed by atoms with Crippen molar-refractivity contribution in [2.75, 3.05) is 17.1 Å². The van der Waals surface area contributed by atoms with Gasteiger partial charge in [-0.2, -0.15) is 0 Å². The van der Waals surface area contributed by atoms with E-state index in [0.717, 1.165) is 16.9 Å². The topological polar surface area (TPSA) is 97.4 Å². The lowest BCUT2D eigenvalue weighted by Gasteiger charge is -2.08. The van der Waals surface area contributed by atoms with E-state index in [4.69, 9.17) is 16.3 Å². The molecule has 1 aromatic heterocycles. The van der Waals surface area contributed by atoms with Gasteiger partial charge in [0.2, 0.25) is 0 Å². The first-order valence-corrected chi connectivity index (χ1v) is 11.1. The van der Waals surface area contributed by atoms with Crippen molar-refractivity contribution >= 4 is 49.7 Å². The van der Waals surface area contributed by atoms with Crippen molar-refractivity contribution in [2.24, 2.45) is 0 Å². The van der Waals surface area contributed by atoms with E-state index in [9.17, 15) is 13.2 Å². The molecule has 7 nitrogen and oxygen atoms in total. The molecule has 0 saturated heterocycles. The van der Waals surface area contributed by atoms with Crippen molar-refractivity contribution in [3.63, 3.8) is 0 Å². The molecule has 2 aromatic carbocycles. The third-order valence-electron chi connectivity index (χ3n) is 4.11. The van der Waals surface area contributed by atoms with Gasteiger partial charge in [-0.15, -0.1) is 0 Å². The maximum absolute atomic E-state index is 12.6. The molecule has 0 aliphatic rings. The molecule has 0 unspecified atom stereocenters. The first-order chi connectivity index (χ1) is 13.7. The van der Waals surface area contributed by atoms with Crippen LogP contribution in [0.2, 0.25) is 5.02 Å². The number of amides is 1. The molecule has 10 heteroatoms. The van der Waals surface area contributed by atoms with Gasteiger partial charge in [-0.3, -0.25) is 9.52 Å². The number of thiazole rings is 1. The Hall–Kier alpha value is -2.62. The van der Waals surface area contributed by atoms with E-state index in [-0.39, 0.29) is 15.9 Å². The lowest BCUT2D eigenvalue weighted by molar-refractivity contribution is 0.102.